The maximum absolute atomic E-state index is 3.51. The number of hydrogen-bond donors (Lipinski definition) is 2. The maximum Gasteiger partial charge on any atom is 0.0378 e. The SMILES string of the molecule is CNCCCc1cccc2c1CC(C)N2. The zero-order valence-corrected chi connectivity index (χ0v) is 9.64. The van der Waals surface area contributed by atoms with E-state index in [1.54, 1.807) is 5.56 Å². The molecule has 0 amide bonds. The van der Waals surface area contributed by atoms with Crippen LogP contribution in [0.3, 0.4) is 0 Å². The van der Waals surface area contributed by atoms with Crippen LogP contribution in [0, 0.1) is 0 Å². The Bertz CT molecular complexity index is 333. The smallest absolute Gasteiger partial charge is 0.0378 e. The van der Waals surface area contributed by atoms with Gasteiger partial charge in [-0.1, -0.05) is 12.1 Å². The Morgan fingerprint density at radius 3 is 3.13 bits per heavy atom. The molecule has 1 aliphatic rings. The van der Waals surface area contributed by atoms with E-state index in [1.165, 1.54) is 30.5 Å². The lowest BCUT2D eigenvalue weighted by Crippen LogP contribution is -2.09. The van der Waals surface area contributed by atoms with Crippen molar-refractivity contribution in [2.45, 2.75) is 32.2 Å². The first kappa shape index (κ1) is 10.5. The fourth-order valence-electron chi connectivity index (χ4n) is 2.32. The second-order valence-electron chi connectivity index (χ2n) is 4.40. The minimum atomic E-state index is 0.602. The van der Waals surface area contributed by atoms with Gasteiger partial charge in [-0.15, -0.1) is 0 Å². The Hall–Kier alpha value is -1.02. The van der Waals surface area contributed by atoms with E-state index in [0.29, 0.717) is 6.04 Å². The summed E-state index contributed by atoms with van der Waals surface area (Å²) in [6, 6.07) is 7.23. The van der Waals surface area contributed by atoms with E-state index < -0.39 is 0 Å². The highest BCUT2D eigenvalue weighted by atomic mass is 14.9. The Kier molecular flexibility index (Phi) is 3.27. The molecule has 1 aliphatic heterocycles. The van der Waals surface area contributed by atoms with Gasteiger partial charge in [0, 0.05) is 11.7 Å². The molecule has 1 unspecified atom stereocenters. The number of nitrogens with one attached hydrogen (secondary N) is 2. The van der Waals surface area contributed by atoms with Gasteiger partial charge in [-0.05, 0) is 57.0 Å². The summed E-state index contributed by atoms with van der Waals surface area (Å²) in [6.45, 7) is 3.35. The van der Waals surface area contributed by atoms with Gasteiger partial charge in [-0.3, -0.25) is 0 Å². The van der Waals surface area contributed by atoms with Gasteiger partial charge in [0.1, 0.15) is 0 Å². The van der Waals surface area contributed by atoms with Crippen LogP contribution in [-0.2, 0) is 12.8 Å². The molecule has 2 rings (SSSR count). The maximum atomic E-state index is 3.51. The summed E-state index contributed by atoms with van der Waals surface area (Å²) >= 11 is 0. The summed E-state index contributed by atoms with van der Waals surface area (Å²) in [7, 11) is 2.01. The second-order valence-corrected chi connectivity index (χ2v) is 4.40. The Morgan fingerprint density at radius 1 is 1.47 bits per heavy atom. The van der Waals surface area contributed by atoms with Gasteiger partial charge in [-0.2, -0.15) is 0 Å². The standard InChI is InChI=1S/C13H20N2/c1-10-9-12-11(6-4-8-14-2)5-3-7-13(12)15-10/h3,5,7,10,14-15H,4,6,8-9H2,1-2H3. The third-order valence-electron chi connectivity index (χ3n) is 3.06. The van der Waals surface area contributed by atoms with Gasteiger partial charge < -0.3 is 10.6 Å². The van der Waals surface area contributed by atoms with E-state index >= 15 is 0 Å². The first-order chi connectivity index (χ1) is 7.31. The number of hydrogen-bond acceptors (Lipinski definition) is 2. The molecule has 0 fully saturated rings. The molecule has 0 saturated heterocycles. The van der Waals surface area contributed by atoms with Crippen LogP contribution >= 0.6 is 0 Å². The molecule has 2 nitrogen and oxygen atoms in total. The van der Waals surface area contributed by atoms with Gasteiger partial charge >= 0.3 is 0 Å². The summed E-state index contributed by atoms with van der Waals surface area (Å²) in [6.07, 6.45) is 3.60. The van der Waals surface area contributed by atoms with E-state index in [-0.39, 0.29) is 0 Å². The average molecular weight is 204 g/mol. The van der Waals surface area contributed by atoms with Crippen LogP contribution in [0.5, 0.6) is 0 Å². The minimum absolute atomic E-state index is 0.602. The fraction of sp³-hybridized carbons (Fsp3) is 0.538. The molecule has 2 heteroatoms. The highest BCUT2D eigenvalue weighted by Crippen LogP contribution is 2.29. The molecule has 82 valence electrons. The van der Waals surface area contributed by atoms with Crippen molar-refractivity contribution in [3.8, 4) is 0 Å². The van der Waals surface area contributed by atoms with Crippen molar-refractivity contribution in [1.82, 2.24) is 5.32 Å². The zero-order chi connectivity index (χ0) is 10.7. The third kappa shape index (κ3) is 2.32. The van der Waals surface area contributed by atoms with Crippen molar-refractivity contribution in [1.29, 1.82) is 0 Å². The van der Waals surface area contributed by atoms with Gasteiger partial charge in [0.15, 0.2) is 0 Å². The van der Waals surface area contributed by atoms with Gasteiger partial charge in [0.25, 0.3) is 0 Å². The summed E-state index contributed by atoms with van der Waals surface area (Å²) < 4.78 is 0. The largest absolute Gasteiger partial charge is 0.382 e. The van der Waals surface area contributed by atoms with Crippen LogP contribution in [0.2, 0.25) is 0 Å². The highest BCUT2D eigenvalue weighted by molar-refractivity contribution is 5.59. The van der Waals surface area contributed by atoms with Crippen LogP contribution in [0.1, 0.15) is 24.5 Å². The van der Waals surface area contributed by atoms with Crippen molar-refractivity contribution in [2.24, 2.45) is 0 Å². The molecule has 1 aromatic carbocycles. The average Bonchev–Trinajstić information content (AvgIpc) is 2.59. The van der Waals surface area contributed by atoms with Crippen LogP contribution < -0.4 is 10.6 Å². The predicted molar refractivity (Wildman–Crippen MR) is 65.5 cm³/mol. The quantitative estimate of drug-likeness (QED) is 0.735. The summed E-state index contributed by atoms with van der Waals surface area (Å²) in [4.78, 5) is 0. The molecular weight excluding hydrogens is 184 g/mol. The fourth-order valence-corrected chi connectivity index (χ4v) is 2.32. The van der Waals surface area contributed by atoms with Crippen molar-refractivity contribution < 1.29 is 0 Å². The third-order valence-corrected chi connectivity index (χ3v) is 3.06. The van der Waals surface area contributed by atoms with Crippen molar-refractivity contribution in [3.05, 3.63) is 29.3 Å². The van der Waals surface area contributed by atoms with Gasteiger partial charge in [0.05, 0.1) is 0 Å². The lowest BCUT2D eigenvalue weighted by Gasteiger charge is -2.07. The van der Waals surface area contributed by atoms with Crippen LogP contribution in [0.4, 0.5) is 5.69 Å². The van der Waals surface area contributed by atoms with E-state index in [9.17, 15) is 0 Å². The van der Waals surface area contributed by atoms with E-state index in [4.69, 9.17) is 0 Å². The van der Waals surface area contributed by atoms with E-state index in [2.05, 4.69) is 35.8 Å². The van der Waals surface area contributed by atoms with Crippen LogP contribution in [0.15, 0.2) is 18.2 Å². The van der Waals surface area contributed by atoms with Crippen LogP contribution in [0.25, 0.3) is 0 Å². The molecule has 0 saturated carbocycles. The molecule has 0 spiro atoms. The molecule has 15 heavy (non-hydrogen) atoms. The molecule has 0 aromatic heterocycles. The Morgan fingerprint density at radius 2 is 2.33 bits per heavy atom. The first-order valence-corrected chi connectivity index (χ1v) is 5.83. The molecule has 1 atom stereocenters. The lowest BCUT2D eigenvalue weighted by molar-refractivity contribution is 0.720. The topological polar surface area (TPSA) is 24.1 Å². The number of benzene rings is 1. The number of aryl methyl sites for hydroxylation is 1. The number of fused-ring (bicyclic) bond motifs is 1. The number of rotatable bonds is 4. The molecule has 0 aliphatic carbocycles. The highest BCUT2D eigenvalue weighted by Gasteiger charge is 2.18. The monoisotopic (exact) mass is 204 g/mol. The Balaban J connectivity index is 2.09. The lowest BCUT2D eigenvalue weighted by atomic mass is 9.99. The molecule has 1 heterocycles. The normalized spacial score (nSPS) is 18.7. The molecular formula is C13H20N2. The summed E-state index contributed by atoms with van der Waals surface area (Å²) in [5, 5.41) is 6.71. The molecule has 1 aromatic rings. The van der Waals surface area contributed by atoms with Crippen molar-refractivity contribution in [2.75, 3.05) is 18.9 Å². The van der Waals surface area contributed by atoms with Gasteiger partial charge in [0.2, 0.25) is 0 Å². The van der Waals surface area contributed by atoms with Crippen molar-refractivity contribution in [3.63, 3.8) is 0 Å². The van der Waals surface area contributed by atoms with Crippen molar-refractivity contribution >= 4 is 5.69 Å². The second kappa shape index (κ2) is 4.67. The molecule has 0 bridgehead atoms. The Labute approximate surface area is 92.1 Å². The minimum Gasteiger partial charge on any atom is -0.382 e. The van der Waals surface area contributed by atoms with E-state index in [1.807, 2.05) is 7.05 Å². The summed E-state index contributed by atoms with van der Waals surface area (Å²) in [5.41, 5.74) is 4.42. The molecule has 2 N–H and O–H groups in total. The summed E-state index contributed by atoms with van der Waals surface area (Å²) in [5.74, 6) is 0. The van der Waals surface area contributed by atoms with Crippen LogP contribution in [-0.4, -0.2) is 19.6 Å². The van der Waals surface area contributed by atoms with Gasteiger partial charge in [-0.25, -0.2) is 0 Å². The zero-order valence-electron chi connectivity index (χ0n) is 9.64. The molecule has 0 radical (unpaired) electrons. The predicted octanol–water partition coefficient (Wildman–Crippen LogP) is 2.20. The number of anilines is 1. The first-order valence-electron chi connectivity index (χ1n) is 5.83. The van der Waals surface area contributed by atoms with E-state index in [0.717, 1.165) is 6.54 Å².